The quantitative estimate of drug-likeness (QED) is 0.685. The van der Waals surface area contributed by atoms with Gasteiger partial charge in [0.25, 0.3) is 0 Å². The average Bonchev–Trinajstić information content (AvgIpc) is 2.67. The van der Waals surface area contributed by atoms with Crippen LogP contribution in [0.2, 0.25) is 10.0 Å². The first-order valence-electron chi connectivity index (χ1n) is 4.72. The van der Waals surface area contributed by atoms with Crippen LogP contribution < -0.4 is 0 Å². The molecule has 0 saturated heterocycles. The Bertz CT molecular complexity index is 505. The molecule has 1 nitrogen and oxygen atoms in total. The highest BCUT2D eigenvalue weighted by molar-refractivity contribution is 6.35. The predicted octanol–water partition coefficient (Wildman–Crippen LogP) is 5.22. The summed E-state index contributed by atoms with van der Waals surface area (Å²) < 4.78 is 5.34. The number of hydrogen-bond acceptors (Lipinski definition) is 1. The van der Waals surface area contributed by atoms with E-state index in [1.54, 1.807) is 24.5 Å². The zero-order valence-corrected chi connectivity index (χ0v) is 10.8. The van der Waals surface area contributed by atoms with Gasteiger partial charge in [0.2, 0.25) is 0 Å². The third kappa shape index (κ3) is 2.22. The topological polar surface area (TPSA) is 13.1 Å². The molecule has 0 bridgehead atoms. The Morgan fingerprint density at radius 1 is 1.19 bits per heavy atom. The summed E-state index contributed by atoms with van der Waals surface area (Å²) in [6.07, 6.45) is 1.61. The van der Waals surface area contributed by atoms with Gasteiger partial charge in [-0.15, -0.1) is 11.6 Å². The molecule has 0 radical (unpaired) electrons. The molecule has 0 spiro atoms. The van der Waals surface area contributed by atoms with Crippen molar-refractivity contribution in [3.63, 3.8) is 0 Å². The Kier molecular flexibility index (Phi) is 3.48. The number of furan rings is 1. The monoisotopic (exact) mass is 274 g/mol. The average molecular weight is 276 g/mol. The van der Waals surface area contributed by atoms with Crippen molar-refractivity contribution in [3.8, 4) is 0 Å². The lowest BCUT2D eigenvalue weighted by atomic mass is 10.1. The van der Waals surface area contributed by atoms with Gasteiger partial charge in [-0.1, -0.05) is 23.2 Å². The zero-order chi connectivity index (χ0) is 11.7. The molecule has 1 unspecified atom stereocenters. The molecule has 2 aromatic rings. The van der Waals surface area contributed by atoms with E-state index in [1.165, 1.54) is 0 Å². The van der Waals surface area contributed by atoms with Crippen molar-refractivity contribution in [1.29, 1.82) is 0 Å². The number of halogens is 3. The third-order valence-electron chi connectivity index (χ3n) is 2.36. The third-order valence-corrected chi connectivity index (χ3v) is 3.38. The molecule has 0 amide bonds. The van der Waals surface area contributed by atoms with Crippen molar-refractivity contribution in [2.75, 3.05) is 0 Å². The SMILES string of the molecule is Cc1ccoc1C(Cl)c1cc(Cl)ccc1Cl. The Balaban J connectivity index is 2.45. The Hall–Kier alpha value is -0.630. The predicted molar refractivity (Wildman–Crippen MR) is 67.6 cm³/mol. The molecule has 0 N–H and O–H groups in total. The second-order valence-corrected chi connectivity index (χ2v) is 4.78. The van der Waals surface area contributed by atoms with E-state index in [9.17, 15) is 0 Å². The van der Waals surface area contributed by atoms with Gasteiger partial charge < -0.3 is 4.42 Å². The van der Waals surface area contributed by atoms with Crippen LogP contribution in [0.5, 0.6) is 0 Å². The van der Waals surface area contributed by atoms with Crippen molar-refractivity contribution in [2.24, 2.45) is 0 Å². The van der Waals surface area contributed by atoms with Gasteiger partial charge in [-0.3, -0.25) is 0 Å². The maximum absolute atomic E-state index is 6.32. The van der Waals surface area contributed by atoms with E-state index in [0.29, 0.717) is 15.8 Å². The van der Waals surface area contributed by atoms with Gasteiger partial charge in [0.05, 0.1) is 6.26 Å². The van der Waals surface area contributed by atoms with Crippen molar-refractivity contribution in [3.05, 3.63) is 57.5 Å². The van der Waals surface area contributed by atoms with Crippen LogP contribution in [-0.2, 0) is 0 Å². The number of alkyl halides is 1. The first-order valence-corrected chi connectivity index (χ1v) is 5.92. The molecule has 1 aromatic heterocycles. The molecular formula is C12H9Cl3O. The van der Waals surface area contributed by atoms with Crippen LogP contribution in [0.3, 0.4) is 0 Å². The molecule has 0 aliphatic rings. The second-order valence-electron chi connectivity index (χ2n) is 3.50. The summed E-state index contributed by atoms with van der Waals surface area (Å²) in [5.41, 5.74) is 1.75. The number of hydrogen-bond donors (Lipinski definition) is 0. The molecule has 1 atom stereocenters. The number of aryl methyl sites for hydroxylation is 1. The van der Waals surface area contributed by atoms with E-state index >= 15 is 0 Å². The van der Waals surface area contributed by atoms with Crippen LogP contribution in [-0.4, -0.2) is 0 Å². The lowest BCUT2D eigenvalue weighted by Crippen LogP contribution is -1.94. The standard InChI is InChI=1S/C12H9Cl3O/c1-7-4-5-16-12(7)11(15)9-6-8(13)2-3-10(9)14/h2-6,11H,1H3. The maximum atomic E-state index is 6.32. The largest absolute Gasteiger partial charge is 0.467 e. The molecule has 84 valence electrons. The fourth-order valence-electron chi connectivity index (χ4n) is 1.49. The highest BCUT2D eigenvalue weighted by atomic mass is 35.5. The fraction of sp³-hybridized carbons (Fsp3) is 0.167. The summed E-state index contributed by atoms with van der Waals surface area (Å²) in [6, 6.07) is 7.07. The Morgan fingerprint density at radius 3 is 2.56 bits per heavy atom. The minimum Gasteiger partial charge on any atom is -0.467 e. The van der Waals surface area contributed by atoms with Gasteiger partial charge in [-0.05, 0) is 42.3 Å². The molecule has 0 fully saturated rings. The fourth-order valence-corrected chi connectivity index (χ4v) is 2.36. The Morgan fingerprint density at radius 2 is 1.94 bits per heavy atom. The van der Waals surface area contributed by atoms with Gasteiger partial charge in [0, 0.05) is 10.0 Å². The van der Waals surface area contributed by atoms with E-state index in [4.69, 9.17) is 39.2 Å². The normalized spacial score (nSPS) is 12.8. The van der Waals surface area contributed by atoms with Crippen LogP contribution in [0.1, 0.15) is 22.3 Å². The lowest BCUT2D eigenvalue weighted by Gasteiger charge is -2.10. The minimum atomic E-state index is -0.416. The first-order chi connectivity index (χ1) is 7.59. The summed E-state index contributed by atoms with van der Waals surface area (Å²) in [5, 5.41) is 0.774. The summed E-state index contributed by atoms with van der Waals surface area (Å²) >= 11 is 18.3. The van der Waals surface area contributed by atoms with Crippen LogP contribution >= 0.6 is 34.8 Å². The van der Waals surface area contributed by atoms with Gasteiger partial charge in [0.15, 0.2) is 0 Å². The minimum absolute atomic E-state index is 0.416. The smallest absolute Gasteiger partial charge is 0.129 e. The van der Waals surface area contributed by atoms with E-state index < -0.39 is 5.38 Å². The molecule has 16 heavy (non-hydrogen) atoms. The zero-order valence-electron chi connectivity index (χ0n) is 8.51. The van der Waals surface area contributed by atoms with Crippen molar-refractivity contribution in [1.82, 2.24) is 0 Å². The lowest BCUT2D eigenvalue weighted by molar-refractivity contribution is 0.513. The van der Waals surface area contributed by atoms with Crippen LogP contribution in [0.15, 0.2) is 34.9 Å². The van der Waals surface area contributed by atoms with Gasteiger partial charge in [0.1, 0.15) is 11.1 Å². The van der Waals surface area contributed by atoms with Crippen molar-refractivity contribution in [2.45, 2.75) is 12.3 Å². The molecular weight excluding hydrogens is 266 g/mol. The first kappa shape index (κ1) is 11.8. The van der Waals surface area contributed by atoms with Crippen molar-refractivity contribution < 1.29 is 4.42 Å². The summed E-state index contributed by atoms with van der Waals surface area (Å²) in [7, 11) is 0. The summed E-state index contributed by atoms with van der Waals surface area (Å²) in [5.74, 6) is 0.700. The summed E-state index contributed by atoms with van der Waals surface area (Å²) in [6.45, 7) is 1.94. The molecule has 4 heteroatoms. The molecule has 1 heterocycles. The van der Waals surface area contributed by atoms with Gasteiger partial charge >= 0.3 is 0 Å². The highest BCUT2D eigenvalue weighted by Crippen LogP contribution is 2.36. The molecule has 1 aromatic carbocycles. The maximum Gasteiger partial charge on any atom is 0.129 e. The van der Waals surface area contributed by atoms with E-state index in [2.05, 4.69) is 0 Å². The van der Waals surface area contributed by atoms with Crippen LogP contribution in [0.25, 0.3) is 0 Å². The van der Waals surface area contributed by atoms with Gasteiger partial charge in [-0.2, -0.15) is 0 Å². The molecule has 0 aliphatic carbocycles. The van der Waals surface area contributed by atoms with E-state index in [1.807, 2.05) is 13.0 Å². The molecule has 0 saturated carbocycles. The number of benzene rings is 1. The van der Waals surface area contributed by atoms with Gasteiger partial charge in [-0.25, -0.2) is 0 Å². The molecule has 2 rings (SSSR count). The second kappa shape index (κ2) is 4.70. The summed E-state index contributed by atoms with van der Waals surface area (Å²) in [4.78, 5) is 0. The van der Waals surface area contributed by atoms with E-state index in [0.717, 1.165) is 11.1 Å². The van der Waals surface area contributed by atoms with Crippen LogP contribution in [0.4, 0.5) is 0 Å². The number of rotatable bonds is 2. The highest BCUT2D eigenvalue weighted by Gasteiger charge is 2.19. The van der Waals surface area contributed by atoms with E-state index in [-0.39, 0.29) is 0 Å². The Labute approximate surface area is 109 Å². The van der Waals surface area contributed by atoms with Crippen LogP contribution in [0, 0.1) is 6.92 Å². The molecule has 0 aliphatic heterocycles. The van der Waals surface area contributed by atoms with Crippen molar-refractivity contribution >= 4 is 34.8 Å².